The zero-order valence-electron chi connectivity index (χ0n) is 6.93. The van der Waals surface area contributed by atoms with Crippen LogP contribution >= 0.6 is 0 Å². The lowest BCUT2D eigenvalue weighted by Gasteiger charge is -2.12. The van der Waals surface area contributed by atoms with Crippen molar-refractivity contribution in [3.63, 3.8) is 0 Å². The average molecular weight is 156 g/mol. The summed E-state index contributed by atoms with van der Waals surface area (Å²) in [5.41, 5.74) is 0.895. The van der Waals surface area contributed by atoms with E-state index in [0.29, 0.717) is 6.17 Å². The molecule has 0 aliphatic carbocycles. The van der Waals surface area contributed by atoms with Crippen molar-refractivity contribution in [1.29, 1.82) is 0 Å². The molecule has 0 amide bonds. The van der Waals surface area contributed by atoms with E-state index in [9.17, 15) is 0 Å². The van der Waals surface area contributed by atoms with Gasteiger partial charge in [-0.3, -0.25) is 0 Å². The number of unbranched alkanes of at least 4 members (excludes halogenated alkanes) is 1. The van der Waals surface area contributed by atoms with E-state index < -0.39 is 0 Å². The molecule has 1 unspecified atom stereocenters. The van der Waals surface area contributed by atoms with Gasteiger partial charge in [0.05, 0.1) is 18.5 Å². The van der Waals surface area contributed by atoms with Crippen LogP contribution in [0, 0.1) is 0 Å². The van der Waals surface area contributed by atoms with Crippen LogP contribution in [-0.4, -0.2) is 17.9 Å². The summed E-state index contributed by atoms with van der Waals surface area (Å²) >= 11 is 0. The highest BCUT2D eigenvalue weighted by Gasteiger charge is 2.12. The molecule has 3 nitrogen and oxygen atoms in total. The highest BCUT2D eigenvalue weighted by atomic mass is 16.3. The van der Waals surface area contributed by atoms with Crippen LogP contribution in [0.25, 0.3) is 0 Å². The monoisotopic (exact) mass is 156 g/mol. The van der Waals surface area contributed by atoms with E-state index >= 15 is 0 Å². The number of aliphatic hydroxyl groups is 1. The quantitative estimate of drug-likeness (QED) is 0.556. The summed E-state index contributed by atoms with van der Waals surface area (Å²) < 4.78 is 0. The second-order valence-electron chi connectivity index (χ2n) is 2.83. The predicted octanol–water partition coefficient (Wildman–Crippen LogP) is 0.529. The Morgan fingerprint density at radius 1 is 1.64 bits per heavy atom. The summed E-state index contributed by atoms with van der Waals surface area (Å²) in [5, 5.41) is 15.1. The standard InChI is InChI=1S/C8H16N2O/c1-2-3-4-8-9-5-7(6-11)10-8/h5,8-11H,2-4,6H2,1H3. The van der Waals surface area contributed by atoms with Crippen molar-refractivity contribution in [3.8, 4) is 0 Å². The molecule has 0 bridgehead atoms. The first-order valence-electron chi connectivity index (χ1n) is 4.19. The number of rotatable bonds is 4. The van der Waals surface area contributed by atoms with Crippen molar-refractivity contribution in [1.82, 2.24) is 10.6 Å². The van der Waals surface area contributed by atoms with Crippen LogP contribution in [0.5, 0.6) is 0 Å². The fourth-order valence-electron chi connectivity index (χ4n) is 1.16. The molecule has 0 aromatic rings. The molecule has 1 heterocycles. The lowest BCUT2D eigenvalue weighted by molar-refractivity contribution is 0.319. The minimum atomic E-state index is 0.107. The second-order valence-corrected chi connectivity index (χ2v) is 2.83. The lowest BCUT2D eigenvalue weighted by atomic mass is 10.2. The first kappa shape index (κ1) is 8.40. The van der Waals surface area contributed by atoms with Gasteiger partial charge in [-0.25, -0.2) is 0 Å². The van der Waals surface area contributed by atoms with Crippen molar-refractivity contribution < 1.29 is 5.11 Å². The van der Waals surface area contributed by atoms with E-state index in [4.69, 9.17) is 5.11 Å². The van der Waals surface area contributed by atoms with E-state index in [1.165, 1.54) is 12.8 Å². The van der Waals surface area contributed by atoms with Gasteiger partial charge in [-0.1, -0.05) is 13.3 Å². The number of nitrogens with one attached hydrogen (secondary N) is 2. The van der Waals surface area contributed by atoms with E-state index in [2.05, 4.69) is 17.6 Å². The molecular formula is C8H16N2O. The molecule has 64 valence electrons. The fourth-order valence-corrected chi connectivity index (χ4v) is 1.16. The molecule has 0 aromatic heterocycles. The van der Waals surface area contributed by atoms with E-state index in [-0.39, 0.29) is 6.61 Å². The molecule has 0 saturated carbocycles. The maximum absolute atomic E-state index is 8.74. The first-order chi connectivity index (χ1) is 5.36. The SMILES string of the molecule is CCCCC1NC=C(CO)N1. The Morgan fingerprint density at radius 2 is 2.45 bits per heavy atom. The Morgan fingerprint density at radius 3 is 3.00 bits per heavy atom. The summed E-state index contributed by atoms with van der Waals surface area (Å²) in [5.74, 6) is 0. The minimum Gasteiger partial charge on any atom is -0.390 e. The molecule has 0 spiro atoms. The predicted molar refractivity (Wildman–Crippen MR) is 44.8 cm³/mol. The molecule has 1 atom stereocenters. The lowest BCUT2D eigenvalue weighted by Crippen LogP contribution is -2.32. The average Bonchev–Trinajstić information content (AvgIpc) is 2.48. The van der Waals surface area contributed by atoms with Crippen LogP contribution in [0.1, 0.15) is 26.2 Å². The maximum Gasteiger partial charge on any atom is 0.0958 e. The van der Waals surface area contributed by atoms with Gasteiger partial charge < -0.3 is 15.7 Å². The summed E-state index contributed by atoms with van der Waals surface area (Å²) in [6.07, 6.45) is 5.75. The summed E-state index contributed by atoms with van der Waals surface area (Å²) in [7, 11) is 0. The van der Waals surface area contributed by atoms with Gasteiger partial charge in [-0.2, -0.15) is 0 Å². The van der Waals surface area contributed by atoms with E-state index in [1.54, 1.807) is 0 Å². The normalized spacial score (nSPS) is 22.4. The maximum atomic E-state index is 8.74. The van der Waals surface area contributed by atoms with E-state index in [0.717, 1.165) is 12.1 Å². The van der Waals surface area contributed by atoms with Gasteiger partial charge in [-0.15, -0.1) is 0 Å². The van der Waals surface area contributed by atoms with Crippen LogP contribution in [0.3, 0.4) is 0 Å². The van der Waals surface area contributed by atoms with Gasteiger partial charge in [0.1, 0.15) is 0 Å². The van der Waals surface area contributed by atoms with Crippen molar-refractivity contribution in [2.24, 2.45) is 0 Å². The molecule has 3 heteroatoms. The summed E-state index contributed by atoms with van der Waals surface area (Å²) in [6.45, 7) is 2.28. The molecule has 0 radical (unpaired) electrons. The zero-order valence-corrected chi connectivity index (χ0v) is 6.93. The summed E-state index contributed by atoms with van der Waals surface area (Å²) in [6, 6.07) is 0. The van der Waals surface area contributed by atoms with Gasteiger partial charge >= 0.3 is 0 Å². The highest BCUT2D eigenvalue weighted by Crippen LogP contribution is 2.04. The molecule has 0 aromatic carbocycles. The van der Waals surface area contributed by atoms with Crippen molar-refractivity contribution >= 4 is 0 Å². The van der Waals surface area contributed by atoms with Crippen LogP contribution in [-0.2, 0) is 0 Å². The third-order valence-electron chi connectivity index (χ3n) is 1.84. The Bertz CT molecular complexity index is 145. The molecule has 1 aliphatic rings. The van der Waals surface area contributed by atoms with Gasteiger partial charge in [0.2, 0.25) is 0 Å². The Hall–Kier alpha value is -0.700. The topological polar surface area (TPSA) is 44.3 Å². The third kappa shape index (κ3) is 2.42. The van der Waals surface area contributed by atoms with Gasteiger partial charge in [0.25, 0.3) is 0 Å². The molecule has 0 fully saturated rings. The van der Waals surface area contributed by atoms with Crippen molar-refractivity contribution in [2.75, 3.05) is 6.61 Å². The molecule has 11 heavy (non-hydrogen) atoms. The Balaban J connectivity index is 2.14. The van der Waals surface area contributed by atoms with Crippen LogP contribution in [0.15, 0.2) is 11.9 Å². The smallest absolute Gasteiger partial charge is 0.0958 e. The first-order valence-corrected chi connectivity index (χ1v) is 4.19. The number of hydrogen-bond donors (Lipinski definition) is 3. The number of hydrogen-bond acceptors (Lipinski definition) is 3. The van der Waals surface area contributed by atoms with Gasteiger partial charge in [-0.05, 0) is 12.8 Å². The molecular weight excluding hydrogens is 140 g/mol. The number of aliphatic hydroxyl groups excluding tert-OH is 1. The Labute approximate surface area is 67.5 Å². The molecule has 3 N–H and O–H groups in total. The molecule has 1 rings (SSSR count). The largest absolute Gasteiger partial charge is 0.390 e. The van der Waals surface area contributed by atoms with Crippen LogP contribution < -0.4 is 10.6 Å². The van der Waals surface area contributed by atoms with Crippen molar-refractivity contribution in [3.05, 3.63) is 11.9 Å². The summed E-state index contributed by atoms with van der Waals surface area (Å²) in [4.78, 5) is 0. The second kappa shape index (κ2) is 4.23. The third-order valence-corrected chi connectivity index (χ3v) is 1.84. The van der Waals surface area contributed by atoms with Crippen LogP contribution in [0.2, 0.25) is 0 Å². The minimum absolute atomic E-state index is 0.107. The van der Waals surface area contributed by atoms with Gasteiger partial charge in [0, 0.05) is 6.20 Å². The molecule has 0 saturated heterocycles. The fraction of sp³-hybridized carbons (Fsp3) is 0.750. The van der Waals surface area contributed by atoms with E-state index in [1.807, 2.05) is 6.20 Å². The zero-order chi connectivity index (χ0) is 8.10. The van der Waals surface area contributed by atoms with Crippen LogP contribution in [0.4, 0.5) is 0 Å². The Kier molecular flexibility index (Phi) is 3.23. The highest BCUT2D eigenvalue weighted by molar-refractivity contribution is 5.06. The molecule has 1 aliphatic heterocycles. The van der Waals surface area contributed by atoms with Crippen molar-refractivity contribution in [2.45, 2.75) is 32.4 Å². The van der Waals surface area contributed by atoms with Gasteiger partial charge in [0.15, 0.2) is 0 Å².